The van der Waals surface area contributed by atoms with Gasteiger partial charge in [0.2, 0.25) is 0 Å². The minimum atomic E-state index is -0.698. The second kappa shape index (κ2) is 4.12. The molecule has 2 N–H and O–H groups in total. The average Bonchev–Trinajstić information content (AvgIpc) is 2.99. The lowest BCUT2D eigenvalue weighted by Crippen LogP contribution is -2.48. The van der Waals surface area contributed by atoms with Gasteiger partial charge in [0.1, 0.15) is 6.04 Å². The zero-order valence-corrected chi connectivity index (χ0v) is 9.57. The molecule has 0 aromatic heterocycles. The summed E-state index contributed by atoms with van der Waals surface area (Å²) in [6, 6.07) is 0.115. The highest BCUT2D eigenvalue weighted by atomic mass is 16.4. The molecule has 3 nitrogen and oxygen atoms in total. The first kappa shape index (κ1) is 10.9. The molecule has 0 amide bonds. The zero-order valence-electron chi connectivity index (χ0n) is 9.57. The maximum atomic E-state index is 11.1. The molecule has 2 aliphatic carbocycles. The van der Waals surface area contributed by atoms with Crippen molar-refractivity contribution in [3.8, 4) is 0 Å². The summed E-state index contributed by atoms with van der Waals surface area (Å²) in [6.45, 7) is 3.95. The summed E-state index contributed by atoms with van der Waals surface area (Å²) >= 11 is 0. The third kappa shape index (κ3) is 2.71. The van der Waals surface area contributed by atoms with Gasteiger partial charge in [-0.2, -0.15) is 0 Å². The van der Waals surface area contributed by atoms with Gasteiger partial charge in [-0.05, 0) is 43.4 Å². The number of rotatable bonds is 6. The van der Waals surface area contributed by atoms with E-state index in [4.69, 9.17) is 5.11 Å². The maximum Gasteiger partial charge on any atom is 0.320 e. The summed E-state index contributed by atoms with van der Waals surface area (Å²) in [5.41, 5.74) is 0. The Balaban J connectivity index is 1.93. The van der Waals surface area contributed by atoms with Crippen LogP contribution in [0.25, 0.3) is 0 Å². The molecule has 0 spiro atoms. The number of hydrogen-bond donors (Lipinski definition) is 2. The van der Waals surface area contributed by atoms with Crippen LogP contribution in [0.2, 0.25) is 0 Å². The largest absolute Gasteiger partial charge is 0.480 e. The van der Waals surface area contributed by atoms with Gasteiger partial charge in [0.25, 0.3) is 0 Å². The highest BCUT2D eigenvalue weighted by Gasteiger charge is 2.43. The van der Waals surface area contributed by atoms with Crippen molar-refractivity contribution in [3.05, 3.63) is 0 Å². The monoisotopic (exact) mass is 211 g/mol. The van der Waals surface area contributed by atoms with Gasteiger partial charge < -0.3 is 10.4 Å². The van der Waals surface area contributed by atoms with Crippen molar-refractivity contribution in [2.24, 2.45) is 17.8 Å². The lowest BCUT2D eigenvalue weighted by Gasteiger charge is -2.25. The zero-order chi connectivity index (χ0) is 11.0. The van der Waals surface area contributed by atoms with Crippen molar-refractivity contribution in [2.75, 3.05) is 0 Å². The second-order valence-electron chi connectivity index (χ2n) is 5.43. The Morgan fingerprint density at radius 1 is 1.20 bits per heavy atom. The van der Waals surface area contributed by atoms with Gasteiger partial charge in [0, 0.05) is 6.04 Å². The molecule has 0 saturated heterocycles. The van der Waals surface area contributed by atoms with Gasteiger partial charge in [-0.1, -0.05) is 13.8 Å². The molecule has 15 heavy (non-hydrogen) atoms. The Morgan fingerprint density at radius 2 is 1.67 bits per heavy atom. The molecule has 2 aliphatic rings. The number of hydrogen-bond acceptors (Lipinski definition) is 2. The van der Waals surface area contributed by atoms with Crippen LogP contribution in [0.5, 0.6) is 0 Å². The van der Waals surface area contributed by atoms with Crippen molar-refractivity contribution >= 4 is 5.97 Å². The molecule has 0 radical (unpaired) electrons. The molecule has 0 heterocycles. The third-order valence-electron chi connectivity index (χ3n) is 3.56. The van der Waals surface area contributed by atoms with E-state index in [0.29, 0.717) is 6.04 Å². The molecular formula is C12H21NO2. The van der Waals surface area contributed by atoms with Crippen molar-refractivity contribution in [1.82, 2.24) is 5.32 Å². The normalized spacial score (nSPS) is 23.5. The summed E-state index contributed by atoms with van der Waals surface area (Å²) in [7, 11) is 0. The molecule has 1 unspecified atom stereocenters. The van der Waals surface area contributed by atoms with E-state index < -0.39 is 5.97 Å². The number of carboxylic acid groups (broad SMARTS) is 1. The quantitative estimate of drug-likeness (QED) is 0.705. The van der Waals surface area contributed by atoms with E-state index >= 15 is 0 Å². The fourth-order valence-electron chi connectivity index (χ4n) is 2.32. The average molecular weight is 211 g/mol. The van der Waals surface area contributed by atoms with E-state index in [2.05, 4.69) is 5.32 Å². The van der Waals surface area contributed by atoms with E-state index in [1.807, 2.05) is 13.8 Å². The summed E-state index contributed by atoms with van der Waals surface area (Å²) in [5.74, 6) is 0.995. The fraction of sp³-hybridized carbons (Fsp3) is 0.917. The van der Waals surface area contributed by atoms with Crippen molar-refractivity contribution in [1.29, 1.82) is 0 Å². The van der Waals surface area contributed by atoms with Crippen LogP contribution in [0.4, 0.5) is 0 Å². The molecule has 0 aliphatic heterocycles. The summed E-state index contributed by atoms with van der Waals surface area (Å²) in [6.07, 6.45) is 5.16. The molecule has 0 aromatic carbocycles. The van der Waals surface area contributed by atoms with E-state index in [9.17, 15) is 4.79 Å². The second-order valence-corrected chi connectivity index (χ2v) is 5.43. The van der Waals surface area contributed by atoms with Crippen molar-refractivity contribution in [2.45, 2.75) is 51.6 Å². The molecule has 86 valence electrons. The van der Waals surface area contributed by atoms with E-state index in [0.717, 1.165) is 11.8 Å². The van der Waals surface area contributed by atoms with Crippen LogP contribution in [-0.4, -0.2) is 23.2 Å². The molecular weight excluding hydrogens is 190 g/mol. The summed E-state index contributed by atoms with van der Waals surface area (Å²) in [4.78, 5) is 11.1. The Morgan fingerprint density at radius 3 is 1.93 bits per heavy atom. The number of carbonyl (C=O) groups is 1. The Kier molecular flexibility index (Phi) is 3.01. The third-order valence-corrected chi connectivity index (χ3v) is 3.56. The van der Waals surface area contributed by atoms with E-state index in [1.165, 1.54) is 25.7 Å². The van der Waals surface area contributed by atoms with Crippen molar-refractivity contribution < 1.29 is 9.90 Å². The van der Waals surface area contributed by atoms with Gasteiger partial charge in [-0.3, -0.25) is 4.79 Å². The van der Waals surface area contributed by atoms with Gasteiger partial charge in [0.15, 0.2) is 0 Å². The Hall–Kier alpha value is -0.570. The maximum absolute atomic E-state index is 11.1. The summed E-state index contributed by atoms with van der Waals surface area (Å²) < 4.78 is 0. The first-order valence-corrected chi connectivity index (χ1v) is 6.08. The molecule has 3 heteroatoms. The molecule has 2 saturated carbocycles. The van der Waals surface area contributed by atoms with E-state index in [-0.39, 0.29) is 12.0 Å². The highest BCUT2D eigenvalue weighted by molar-refractivity contribution is 5.73. The van der Waals surface area contributed by atoms with Gasteiger partial charge in [0.05, 0.1) is 0 Å². The Labute approximate surface area is 91.2 Å². The molecule has 2 fully saturated rings. The molecule has 1 atom stereocenters. The van der Waals surface area contributed by atoms with Gasteiger partial charge >= 0.3 is 5.97 Å². The lowest BCUT2D eigenvalue weighted by molar-refractivity contribution is -0.141. The number of aliphatic carboxylic acids is 1. The van der Waals surface area contributed by atoms with Crippen LogP contribution in [0, 0.1) is 17.8 Å². The molecule has 0 aromatic rings. The van der Waals surface area contributed by atoms with E-state index in [1.54, 1.807) is 0 Å². The predicted octanol–water partition coefficient (Wildman–Crippen LogP) is 1.87. The van der Waals surface area contributed by atoms with Crippen LogP contribution in [0.3, 0.4) is 0 Å². The molecule has 2 rings (SSSR count). The minimum Gasteiger partial charge on any atom is -0.480 e. The predicted molar refractivity (Wildman–Crippen MR) is 58.6 cm³/mol. The first-order valence-electron chi connectivity index (χ1n) is 6.08. The smallest absolute Gasteiger partial charge is 0.320 e. The van der Waals surface area contributed by atoms with Crippen molar-refractivity contribution in [3.63, 3.8) is 0 Å². The number of nitrogens with one attached hydrogen (secondary N) is 1. The lowest BCUT2D eigenvalue weighted by atomic mass is 10.00. The van der Waals surface area contributed by atoms with Gasteiger partial charge in [-0.15, -0.1) is 0 Å². The molecule has 0 bridgehead atoms. The van der Waals surface area contributed by atoms with Crippen LogP contribution in [0.1, 0.15) is 39.5 Å². The Bertz CT molecular complexity index is 232. The van der Waals surface area contributed by atoms with Crippen LogP contribution >= 0.6 is 0 Å². The topological polar surface area (TPSA) is 49.3 Å². The minimum absolute atomic E-state index is 0.169. The van der Waals surface area contributed by atoms with Crippen LogP contribution in [0.15, 0.2) is 0 Å². The SMILES string of the molecule is CC(C)C(NC(C1CC1)C1CC1)C(=O)O. The van der Waals surface area contributed by atoms with Crippen LogP contribution in [-0.2, 0) is 4.79 Å². The van der Waals surface area contributed by atoms with Gasteiger partial charge in [-0.25, -0.2) is 0 Å². The first-order chi connectivity index (χ1) is 7.09. The highest BCUT2D eigenvalue weighted by Crippen LogP contribution is 2.44. The van der Waals surface area contributed by atoms with Crippen LogP contribution < -0.4 is 5.32 Å². The fourth-order valence-corrected chi connectivity index (χ4v) is 2.32. The summed E-state index contributed by atoms with van der Waals surface area (Å²) in [5, 5.41) is 12.5. The standard InChI is InChI=1S/C12H21NO2/c1-7(2)10(12(14)15)13-11(8-3-4-8)9-5-6-9/h7-11,13H,3-6H2,1-2H3,(H,14,15). The number of carboxylic acids is 1.